The molecule has 0 heterocycles. The monoisotopic (exact) mass is 248 g/mol. The van der Waals surface area contributed by atoms with Crippen molar-refractivity contribution in [1.82, 2.24) is 0 Å². The molecular formula is C16H24O2. The molecule has 2 nitrogen and oxygen atoms in total. The van der Waals surface area contributed by atoms with E-state index in [0.29, 0.717) is 5.56 Å². The van der Waals surface area contributed by atoms with E-state index in [1.165, 1.54) is 19.3 Å². The van der Waals surface area contributed by atoms with E-state index in [0.717, 1.165) is 19.3 Å². The van der Waals surface area contributed by atoms with Crippen molar-refractivity contribution < 1.29 is 9.53 Å². The predicted molar refractivity (Wildman–Crippen MR) is 74.7 cm³/mol. The van der Waals surface area contributed by atoms with E-state index in [9.17, 15) is 4.79 Å². The minimum Gasteiger partial charge on any atom is -0.459 e. The molecule has 1 rings (SSSR count). The van der Waals surface area contributed by atoms with E-state index in [-0.39, 0.29) is 12.1 Å². The quantitative estimate of drug-likeness (QED) is 0.496. The number of carbonyl (C=O) groups is 1. The van der Waals surface area contributed by atoms with Gasteiger partial charge in [0, 0.05) is 0 Å². The molecule has 0 aromatic heterocycles. The number of hydrogen-bond donors (Lipinski definition) is 0. The van der Waals surface area contributed by atoms with Crippen LogP contribution in [0.2, 0.25) is 0 Å². The largest absolute Gasteiger partial charge is 0.459 e. The second-order valence-corrected chi connectivity index (χ2v) is 4.65. The third-order valence-corrected chi connectivity index (χ3v) is 3.12. The zero-order valence-electron chi connectivity index (χ0n) is 11.5. The number of hydrogen-bond acceptors (Lipinski definition) is 2. The molecule has 100 valence electrons. The van der Waals surface area contributed by atoms with Crippen LogP contribution >= 0.6 is 0 Å². The molecule has 0 N–H and O–H groups in total. The summed E-state index contributed by atoms with van der Waals surface area (Å²) >= 11 is 0. The average molecular weight is 248 g/mol. The standard InChI is InChI=1S/C16H24O2/c1-3-5-6-10-13-15(4-2)18-16(17)14-11-8-7-9-12-14/h7-9,11-12,15H,3-6,10,13H2,1-2H3/t15-/m0/s1. The zero-order chi connectivity index (χ0) is 13.2. The number of benzene rings is 1. The Balaban J connectivity index is 2.36. The van der Waals surface area contributed by atoms with Gasteiger partial charge in [-0.15, -0.1) is 0 Å². The molecule has 0 bridgehead atoms. The molecule has 0 fully saturated rings. The Morgan fingerprint density at radius 2 is 1.83 bits per heavy atom. The second-order valence-electron chi connectivity index (χ2n) is 4.65. The Labute approximate surface area is 110 Å². The summed E-state index contributed by atoms with van der Waals surface area (Å²) in [5, 5.41) is 0. The van der Waals surface area contributed by atoms with Gasteiger partial charge in [0.05, 0.1) is 5.56 Å². The molecule has 0 aliphatic heterocycles. The van der Waals surface area contributed by atoms with E-state index in [2.05, 4.69) is 13.8 Å². The predicted octanol–water partition coefficient (Wildman–Crippen LogP) is 4.59. The number of ether oxygens (including phenoxy) is 1. The van der Waals surface area contributed by atoms with Gasteiger partial charge in [0.1, 0.15) is 6.10 Å². The first-order valence-corrected chi connectivity index (χ1v) is 7.04. The fourth-order valence-electron chi connectivity index (χ4n) is 1.94. The van der Waals surface area contributed by atoms with Crippen LogP contribution in [0.15, 0.2) is 30.3 Å². The second kappa shape index (κ2) is 8.73. The summed E-state index contributed by atoms with van der Waals surface area (Å²) in [4.78, 5) is 11.9. The molecule has 0 aliphatic carbocycles. The Bertz CT molecular complexity index is 332. The maximum absolute atomic E-state index is 11.9. The van der Waals surface area contributed by atoms with Gasteiger partial charge in [0.2, 0.25) is 0 Å². The van der Waals surface area contributed by atoms with Gasteiger partial charge in [-0.2, -0.15) is 0 Å². The summed E-state index contributed by atoms with van der Waals surface area (Å²) < 4.78 is 5.53. The van der Waals surface area contributed by atoms with Gasteiger partial charge < -0.3 is 4.74 Å². The molecule has 18 heavy (non-hydrogen) atoms. The molecule has 0 spiro atoms. The van der Waals surface area contributed by atoms with Crippen LogP contribution in [0, 0.1) is 0 Å². The smallest absolute Gasteiger partial charge is 0.338 e. The van der Waals surface area contributed by atoms with Crippen molar-refractivity contribution in [3.05, 3.63) is 35.9 Å². The number of carbonyl (C=O) groups excluding carboxylic acids is 1. The first kappa shape index (κ1) is 14.7. The van der Waals surface area contributed by atoms with Crippen LogP contribution in [0.3, 0.4) is 0 Å². The summed E-state index contributed by atoms with van der Waals surface area (Å²) in [7, 11) is 0. The third kappa shape index (κ3) is 5.35. The summed E-state index contributed by atoms with van der Waals surface area (Å²) in [6, 6.07) is 9.22. The first-order chi connectivity index (χ1) is 8.77. The van der Waals surface area contributed by atoms with Crippen LogP contribution < -0.4 is 0 Å². The SMILES string of the molecule is CCCCCC[C@H](CC)OC(=O)c1ccccc1. The molecule has 1 aromatic carbocycles. The Hall–Kier alpha value is -1.31. The van der Waals surface area contributed by atoms with Gasteiger partial charge >= 0.3 is 5.97 Å². The zero-order valence-corrected chi connectivity index (χ0v) is 11.5. The van der Waals surface area contributed by atoms with Crippen molar-refractivity contribution in [3.63, 3.8) is 0 Å². The molecule has 0 amide bonds. The molecule has 0 radical (unpaired) electrons. The topological polar surface area (TPSA) is 26.3 Å². The Morgan fingerprint density at radius 3 is 2.44 bits per heavy atom. The van der Waals surface area contributed by atoms with E-state index in [1.807, 2.05) is 18.2 Å². The van der Waals surface area contributed by atoms with Crippen LogP contribution in [-0.2, 0) is 4.74 Å². The van der Waals surface area contributed by atoms with E-state index in [1.54, 1.807) is 12.1 Å². The maximum Gasteiger partial charge on any atom is 0.338 e. The van der Waals surface area contributed by atoms with E-state index < -0.39 is 0 Å². The Kier molecular flexibility index (Phi) is 7.16. The normalized spacial score (nSPS) is 12.1. The highest BCUT2D eigenvalue weighted by molar-refractivity contribution is 5.89. The molecule has 0 saturated heterocycles. The number of esters is 1. The lowest BCUT2D eigenvalue weighted by molar-refractivity contribution is 0.0267. The molecule has 1 atom stereocenters. The number of unbranched alkanes of at least 4 members (excludes halogenated alkanes) is 3. The summed E-state index contributed by atoms with van der Waals surface area (Å²) in [6.45, 7) is 4.27. The van der Waals surface area contributed by atoms with Gasteiger partial charge in [-0.25, -0.2) is 4.79 Å². The average Bonchev–Trinajstić information content (AvgIpc) is 2.43. The van der Waals surface area contributed by atoms with Crippen LogP contribution in [0.25, 0.3) is 0 Å². The molecule has 2 heteroatoms. The fraction of sp³-hybridized carbons (Fsp3) is 0.562. The van der Waals surface area contributed by atoms with Crippen LogP contribution in [-0.4, -0.2) is 12.1 Å². The molecular weight excluding hydrogens is 224 g/mol. The van der Waals surface area contributed by atoms with Crippen LogP contribution in [0.5, 0.6) is 0 Å². The highest BCUT2D eigenvalue weighted by atomic mass is 16.5. The molecule has 0 unspecified atom stereocenters. The maximum atomic E-state index is 11.9. The van der Waals surface area contributed by atoms with Crippen molar-refractivity contribution >= 4 is 5.97 Å². The summed E-state index contributed by atoms with van der Waals surface area (Å²) in [6.07, 6.45) is 6.82. The van der Waals surface area contributed by atoms with Gasteiger partial charge in [-0.05, 0) is 31.4 Å². The summed E-state index contributed by atoms with van der Waals surface area (Å²) in [5.41, 5.74) is 0.643. The Morgan fingerprint density at radius 1 is 1.11 bits per heavy atom. The lowest BCUT2D eigenvalue weighted by Gasteiger charge is -2.16. The van der Waals surface area contributed by atoms with Crippen molar-refractivity contribution in [1.29, 1.82) is 0 Å². The molecule has 1 aromatic rings. The highest BCUT2D eigenvalue weighted by Gasteiger charge is 2.13. The van der Waals surface area contributed by atoms with Crippen molar-refractivity contribution in [2.24, 2.45) is 0 Å². The highest BCUT2D eigenvalue weighted by Crippen LogP contribution is 2.13. The van der Waals surface area contributed by atoms with Crippen LogP contribution in [0.1, 0.15) is 62.7 Å². The lowest BCUT2D eigenvalue weighted by atomic mass is 10.1. The van der Waals surface area contributed by atoms with E-state index in [4.69, 9.17) is 4.74 Å². The minimum absolute atomic E-state index is 0.0644. The van der Waals surface area contributed by atoms with Crippen molar-refractivity contribution in [2.75, 3.05) is 0 Å². The van der Waals surface area contributed by atoms with Gasteiger partial charge in [-0.3, -0.25) is 0 Å². The van der Waals surface area contributed by atoms with Gasteiger partial charge in [0.25, 0.3) is 0 Å². The molecule has 0 aliphatic rings. The number of rotatable bonds is 8. The van der Waals surface area contributed by atoms with Crippen molar-refractivity contribution in [3.8, 4) is 0 Å². The van der Waals surface area contributed by atoms with Gasteiger partial charge in [-0.1, -0.05) is 51.3 Å². The fourth-order valence-corrected chi connectivity index (χ4v) is 1.94. The summed E-state index contributed by atoms with van der Waals surface area (Å²) in [5.74, 6) is -0.196. The third-order valence-electron chi connectivity index (χ3n) is 3.12. The minimum atomic E-state index is -0.196. The lowest BCUT2D eigenvalue weighted by Crippen LogP contribution is -2.17. The van der Waals surface area contributed by atoms with E-state index >= 15 is 0 Å². The van der Waals surface area contributed by atoms with Gasteiger partial charge in [0.15, 0.2) is 0 Å². The first-order valence-electron chi connectivity index (χ1n) is 7.04. The molecule has 0 saturated carbocycles. The van der Waals surface area contributed by atoms with Crippen LogP contribution in [0.4, 0.5) is 0 Å². The van der Waals surface area contributed by atoms with Crippen molar-refractivity contribution in [2.45, 2.75) is 58.5 Å².